The summed E-state index contributed by atoms with van der Waals surface area (Å²) in [4.78, 5) is 12.6. The molecule has 0 aliphatic heterocycles. The first-order chi connectivity index (χ1) is 11.4. The zero-order valence-electron chi connectivity index (χ0n) is 13.8. The molecule has 0 aliphatic carbocycles. The van der Waals surface area contributed by atoms with Gasteiger partial charge in [0.05, 0.1) is 5.52 Å². The van der Waals surface area contributed by atoms with Crippen molar-refractivity contribution in [2.75, 3.05) is 0 Å². The lowest BCUT2D eigenvalue weighted by atomic mass is 9.92. The maximum Gasteiger partial charge on any atom is 0.252 e. The Balaban J connectivity index is 1.96. The summed E-state index contributed by atoms with van der Waals surface area (Å²) in [7, 11) is 0. The van der Waals surface area contributed by atoms with Gasteiger partial charge in [-0.3, -0.25) is 4.79 Å². The first-order valence-corrected chi connectivity index (χ1v) is 8.10. The standard InChI is InChI=1S/C18H19ClN4O/c1-18(2,3)17(20-16(24)12-8-10-13(19)11-9-12)23-15-7-5-4-6-14(15)21-22-23/h4-11,17H,1-3H3,(H,20,24). The van der Waals surface area contributed by atoms with Gasteiger partial charge >= 0.3 is 0 Å². The molecule has 0 spiro atoms. The van der Waals surface area contributed by atoms with E-state index in [9.17, 15) is 4.79 Å². The molecule has 0 saturated carbocycles. The van der Waals surface area contributed by atoms with Crippen molar-refractivity contribution < 1.29 is 4.79 Å². The van der Waals surface area contributed by atoms with Gasteiger partial charge in [0.2, 0.25) is 0 Å². The number of para-hydroxylation sites is 1. The van der Waals surface area contributed by atoms with Crippen LogP contribution in [-0.4, -0.2) is 20.9 Å². The van der Waals surface area contributed by atoms with Gasteiger partial charge in [0.1, 0.15) is 11.7 Å². The molecule has 5 nitrogen and oxygen atoms in total. The van der Waals surface area contributed by atoms with E-state index < -0.39 is 0 Å². The number of halogens is 1. The van der Waals surface area contributed by atoms with Gasteiger partial charge in [0, 0.05) is 16.0 Å². The smallest absolute Gasteiger partial charge is 0.252 e. The Morgan fingerprint density at radius 3 is 2.46 bits per heavy atom. The maximum absolute atomic E-state index is 12.6. The van der Waals surface area contributed by atoms with E-state index >= 15 is 0 Å². The molecule has 3 aromatic rings. The molecule has 6 heteroatoms. The van der Waals surface area contributed by atoms with Gasteiger partial charge < -0.3 is 5.32 Å². The van der Waals surface area contributed by atoms with Gasteiger partial charge in [-0.25, -0.2) is 4.68 Å². The second kappa shape index (κ2) is 6.24. The first-order valence-electron chi connectivity index (χ1n) is 7.72. The molecule has 1 amide bonds. The van der Waals surface area contributed by atoms with Gasteiger partial charge in [-0.05, 0) is 36.4 Å². The Hall–Kier alpha value is -2.40. The normalized spacial score (nSPS) is 13.0. The van der Waals surface area contributed by atoms with Crippen LogP contribution in [-0.2, 0) is 0 Å². The molecule has 1 aromatic heterocycles. The van der Waals surface area contributed by atoms with Crippen molar-refractivity contribution >= 4 is 28.5 Å². The van der Waals surface area contributed by atoms with Crippen molar-refractivity contribution in [2.24, 2.45) is 5.41 Å². The second-order valence-corrected chi connectivity index (χ2v) is 7.21. The first kappa shape index (κ1) is 16.5. The van der Waals surface area contributed by atoms with Crippen molar-refractivity contribution in [1.82, 2.24) is 20.3 Å². The average Bonchev–Trinajstić information content (AvgIpc) is 2.95. The van der Waals surface area contributed by atoms with E-state index in [-0.39, 0.29) is 17.5 Å². The van der Waals surface area contributed by atoms with E-state index in [0.717, 1.165) is 11.0 Å². The molecule has 3 rings (SSSR count). The van der Waals surface area contributed by atoms with Gasteiger partial charge in [-0.1, -0.05) is 49.7 Å². The fraction of sp³-hybridized carbons (Fsp3) is 0.278. The molecule has 0 aliphatic rings. The van der Waals surface area contributed by atoms with Crippen molar-refractivity contribution in [3.05, 3.63) is 59.1 Å². The minimum absolute atomic E-state index is 0.175. The van der Waals surface area contributed by atoms with Crippen LogP contribution in [0.4, 0.5) is 0 Å². The Morgan fingerprint density at radius 2 is 1.79 bits per heavy atom. The number of hydrogen-bond donors (Lipinski definition) is 1. The summed E-state index contributed by atoms with van der Waals surface area (Å²) in [5.41, 5.74) is 1.98. The average molecular weight is 343 g/mol. The van der Waals surface area contributed by atoms with E-state index in [4.69, 9.17) is 11.6 Å². The number of aromatic nitrogens is 3. The third-order valence-electron chi connectivity index (χ3n) is 3.82. The summed E-state index contributed by atoms with van der Waals surface area (Å²) in [6.45, 7) is 6.16. The third-order valence-corrected chi connectivity index (χ3v) is 4.07. The highest BCUT2D eigenvalue weighted by Crippen LogP contribution is 2.30. The van der Waals surface area contributed by atoms with E-state index in [0.29, 0.717) is 10.6 Å². The molecule has 24 heavy (non-hydrogen) atoms. The molecule has 124 valence electrons. The van der Waals surface area contributed by atoms with Crippen LogP contribution in [0.3, 0.4) is 0 Å². The molecule has 0 bridgehead atoms. The number of nitrogens with one attached hydrogen (secondary N) is 1. The number of rotatable bonds is 3. The molecule has 0 radical (unpaired) electrons. The largest absolute Gasteiger partial charge is 0.330 e. The monoisotopic (exact) mass is 342 g/mol. The molecule has 2 aromatic carbocycles. The molecular weight excluding hydrogens is 324 g/mol. The number of nitrogens with zero attached hydrogens (tertiary/aromatic N) is 3. The molecule has 1 N–H and O–H groups in total. The van der Waals surface area contributed by atoms with Crippen molar-refractivity contribution in [3.63, 3.8) is 0 Å². The Morgan fingerprint density at radius 1 is 1.12 bits per heavy atom. The van der Waals surface area contributed by atoms with Crippen LogP contribution < -0.4 is 5.32 Å². The Bertz CT molecular complexity index is 865. The highest BCUT2D eigenvalue weighted by molar-refractivity contribution is 6.30. The number of amides is 1. The van der Waals surface area contributed by atoms with Crippen molar-refractivity contribution in [3.8, 4) is 0 Å². The Labute approximate surface area is 145 Å². The van der Waals surface area contributed by atoms with Gasteiger partial charge in [0.15, 0.2) is 0 Å². The predicted molar refractivity (Wildman–Crippen MR) is 94.9 cm³/mol. The maximum atomic E-state index is 12.6. The molecule has 1 unspecified atom stereocenters. The molecule has 1 atom stereocenters. The lowest BCUT2D eigenvalue weighted by Gasteiger charge is -2.31. The number of carbonyl (C=O) groups is 1. The van der Waals surface area contributed by atoms with E-state index in [1.54, 1.807) is 28.9 Å². The number of hydrogen-bond acceptors (Lipinski definition) is 3. The van der Waals surface area contributed by atoms with Crippen molar-refractivity contribution in [1.29, 1.82) is 0 Å². The minimum atomic E-state index is -0.340. The SMILES string of the molecule is CC(C)(C)C(NC(=O)c1ccc(Cl)cc1)n1nnc2ccccc21. The van der Waals surface area contributed by atoms with Crippen LogP contribution in [0.25, 0.3) is 11.0 Å². The topological polar surface area (TPSA) is 59.8 Å². The molecule has 0 saturated heterocycles. The summed E-state index contributed by atoms with van der Waals surface area (Å²) in [5, 5.41) is 12.1. The lowest BCUT2D eigenvalue weighted by molar-refractivity contribution is 0.0843. The predicted octanol–water partition coefficient (Wildman–Crippen LogP) is 4.06. The summed E-state index contributed by atoms with van der Waals surface area (Å²) in [6, 6.07) is 14.5. The van der Waals surface area contributed by atoms with Crippen LogP contribution in [0, 0.1) is 5.41 Å². The molecule has 1 heterocycles. The van der Waals surface area contributed by atoms with Gasteiger partial charge in [0.25, 0.3) is 5.91 Å². The van der Waals surface area contributed by atoms with Crippen LogP contribution in [0.5, 0.6) is 0 Å². The summed E-state index contributed by atoms with van der Waals surface area (Å²) < 4.78 is 1.77. The summed E-state index contributed by atoms with van der Waals surface area (Å²) in [6.07, 6.45) is -0.340. The number of carbonyl (C=O) groups excluding carboxylic acids is 1. The molecule has 0 fully saturated rings. The van der Waals surface area contributed by atoms with E-state index in [1.165, 1.54) is 0 Å². The fourth-order valence-electron chi connectivity index (χ4n) is 2.53. The minimum Gasteiger partial charge on any atom is -0.330 e. The zero-order valence-corrected chi connectivity index (χ0v) is 14.6. The highest BCUT2D eigenvalue weighted by atomic mass is 35.5. The lowest BCUT2D eigenvalue weighted by Crippen LogP contribution is -2.41. The number of benzene rings is 2. The van der Waals surface area contributed by atoms with Crippen LogP contribution in [0.2, 0.25) is 5.02 Å². The van der Waals surface area contributed by atoms with Gasteiger partial charge in [-0.15, -0.1) is 5.10 Å². The highest BCUT2D eigenvalue weighted by Gasteiger charge is 2.30. The quantitative estimate of drug-likeness (QED) is 0.780. The number of fused-ring (bicyclic) bond motifs is 1. The zero-order chi connectivity index (χ0) is 17.3. The third kappa shape index (κ3) is 3.26. The van der Waals surface area contributed by atoms with Crippen LogP contribution in [0.15, 0.2) is 48.5 Å². The van der Waals surface area contributed by atoms with Crippen LogP contribution in [0.1, 0.15) is 37.3 Å². The molecular formula is C18H19ClN4O. The van der Waals surface area contributed by atoms with Crippen LogP contribution >= 0.6 is 11.6 Å². The fourth-order valence-corrected chi connectivity index (χ4v) is 2.66. The van der Waals surface area contributed by atoms with Crippen molar-refractivity contribution in [2.45, 2.75) is 26.9 Å². The second-order valence-electron chi connectivity index (χ2n) is 6.77. The Kier molecular flexibility index (Phi) is 4.28. The van der Waals surface area contributed by atoms with E-state index in [1.807, 2.05) is 24.3 Å². The summed E-state index contributed by atoms with van der Waals surface area (Å²) >= 11 is 5.89. The van der Waals surface area contributed by atoms with Gasteiger partial charge in [-0.2, -0.15) is 0 Å². The van der Waals surface area contributed by atoms with E-state index in [2.05, 4.69) is 36.4 Å². The summed E-state index contributed by atoms with van der Waals surface area (Å²) in [5.74, 6) is -0.175.